The third kappa shape index (κ3) is 5.94. The van der Waals surface area contributed by atoms with E-state index in [9.17, 15) is 19.5 Å². The van der Waals surface area contributed by atoms with Crippen LogP contribution in [0.4, 0.5) is 0 Å². The van der Waals surface area contributed by atoms with Gasteiger partial charge in [-0.15, -0.1) is 24.9 Å². The van der Waals surface area contributed by atoms with Gasteiger partial charge in [0.2, 0.25) is 17.7 Å². The molecule has 1 aromatic carbocycles. The lowest BCUT2D eigenvalue weighted by molar-refractivity contribution is -0.146. The summed E-state index contributed by atoms with van der Waals surface area (Å²) < 4.78 is -1.07. The molecule has 1 spiro atoms. The highest BCUT2D eigenvalue weighted by atomic mass is 32.2. The van der Waals surface area contributed by atoms with Gasteiger partial charge in [0, 0.05) is 43.1 Å². The average molecular weight is 596 g/mol. The first kappa shape index (κ1) is 32.3. The Kier molecular flexibility index (Phi) is 9.98. The molecule has 0 aromatic heterocycles. The van der Waals surface area contributed by atoms with Gasteiger partial charge in [-0.05, 0) is 58.9 Å². The molecule has 3 aliphatic rings. The minimum atomic E-state index is -0.647. The summed E-state index contributed by atoms with van der Waals surface area (Å²) in [7, 11) is 0. The van der Waals surface area contributed by atoms with E-state index >= 15 is 0 Å². The van der Waals surface area contributed by atoms with Crippen molar-refractivity contribution in [3.63, 3.8) is 0 Å². The molecule has 2 bridgehead atoms. The lowest BCUT2D eigenvalue weighted by Gasteiger charge is -2.42. The highest BCUT2D eigenvalue weighted by molar-refractivity contribution is 8.02. The Morgan fingerprint density at radius 2 is 1.71 bits per heavy atom. The summed E-state index contributed by atoms with van der Waals surface area (Å²) in [6.07, 6.45) is 8.25. The normalized spacial score (nSPS) is 28.1. The first-order valence-corrected chi connectivity index (χ1v) is 16.2. The summed E-state index contributed by atoms with van der Waals surface area (Å²) in [4.78, 5) is 49.1. The van der Waals surface area contributed by atoms with Crippen LogP contribution in [0, 0.1) is 11.8 Å². The zero-order valence-electron chi connectivity index (χ0n) is 25.9. The summed E-state index contributed by atoms with van der Waals surface area (Å²) in [6, 6.07) is 9.29. The van der Waals surface area contributed by atoms with E-state index in [1.54, 1.807) is 23.9 Å². The van der Waals surface area contributed by atoms with Gasteiger partial charge in [0.15, 0.2) is 0 Å². The molecular formula is C34H49N3O4S. The second-order valence-corrected chi connectivity index (χ2v) is 15.2. The minimum absolute atomic E-state index is 0.0246. The summed E-state index contributed by atoms with van der Waals surface area (Å²) in [5.74, 6) is -1.19. The maximum absolute atomic E-state index is 14.6. The first-order valence-electron chi connectivity index (χ1n) is 15.4. The summed E-state index contributed by atoms with van der Waals surface area (Å²) in [5, 5.41) is 9.22. The lowest BCUT2D eigenvalue weighted by Crippen LogP contribution is -2.58. The van der Waals surface area contributed by atoms with Gasteiger partial charge in [0.1, 0.15) is 6.04 Å². The van der Waals surface area contributed by atoms with Crippen LogP contribution in [0.15, 0.2) is 55.6 Å². The number of nitrogens with zero attached hydrogens (tertiary/aromatic N) is 3. The second kappa shape index (κ2) is 13.0. The van der Waals surface area contributed by atoms with Gasteiger partial charge < -0.3 is 19.8 Å². The van der Waals surface area contributed by atoms with Crippen molar-refractivity contribution in [3.8, 4) is 0 Å². The van der Waals surface area contributed by atoms with E-state index in [2.05, 4.69) is 20.1 Å². The Morgan fingerprint density at radius 3 is 2.33 bits per heavy atom. The van der Waals surface area contributed by atoms with Crippen LogP contribution < -0.4 is 0 Å². The Balaban J connectivity index is 1.72. The third-order valence-electron chi connectivity index (χ3n) is 9.35. The number of aliphatic hydroxyl groups excluding tert-OH is 1. The van der Waals surface area contributed by atoms with Crippen LogP contribution in [0.5, 0.6) is 0 Å². The Bertz CT molecular complexity index is 1170. The number of amides is 3. The highest BCUT2D eigenvalue weighted by Crippen LogP contribution is 2.71. The van der Waals surface area contributed by atoms with Crippen molar-refractivity contribution < 1.29 is 19.5 Å². The summed E-state index contributed by atoms with van der Waals surface area (Å²) >= 11 is 1.73. The molecule has 3 fully saturated rings. The number of rotatable bonds is 14. The molecule has 3 amide bonds. The zero-order chi connectivity index (χ0) is 30.7. The number of hydrogen-bond acceptors (Lipinski definition) is 5. The van der Waals surface area contributed by atoms with Gasteiger partial charge in [-0.2, -0.15) is 0 Å². The fraction of sp³-hybridized carbons (Fsp3) is 0.618. The van der Waals surface area contributed by atoms with Crippen molar-refractivity contribution >= 4 is 29.5 Å². The molecule has 4 rings (SSSR count). The molecule has 8 heteroatoms. The van der Waals surface area contributed by atoms with Crippen LogP contribution >= 0.6 is 11.8 Å². The van der Waals surface area contributed by atoms with E-state index < -0.39 is 32.9 Å². The highest BCUT2D eigenvalue weighted by Gasteiger charge is 2.77. The molecule has 3 saturated heterocycles. The number of carbonyl (C=O) groups is 3. The predicted molar refractivity (Wildman–Crippen MR) is 170 cm³/mol. The number of carbonyl (C=O) groups excluding carboxylic acids is 3. The van der Waals surface area contributed by atoms with Gasteiger partial charge in [0.25, 0.3) is 0 Å². The van der Waals surface area contributed by atoms with E-state index in [1.165, 1.54) is 0 Å². The topological polar surface area (TPSA) is 81.2 Å². The van der Waals surface area contributed by atoms with Gasteiger partial charge in [0.05, 0.1) is 16.6 Å². The number of benzene rings is 1. The molecule has 3 aliphatic heterocycles. The van der Waals surface area contributed by atoms with E-state index in [1.807, 2.05) is 65.8 Å². The molecule has 3 heterocycles. The Labute approximate surface area is 256 Å². The van der Waals surface area contributed by atoms with Crippen LogP contribution in [-0.4, -0.2) is 84.8 Å². The summed E-state index contributed by atoms with van der Waals surface area (Å²) in [5.41, 5.74) is 0.580. The monoisotopic (exact) mass is 595 g/mol. The fourth-order valence-corrected chi connectivity index (χ4v) is 9.77. The number of fused-ring (bicyclic) bond motifs is 1. The van der Waals surface area contributed by atoms with E-state index in [4.69, 9.17) is 0 Å². The van der Waals surface area contributed by atoms with Gasteiger partial charge >= 0.3 is 0 Å². The van der Waals surface area contributed by atoms with Crippen LogP contribution in [0.2, 0.25) is 0 Å². The number of thioether (sulfide) groups is 1. The quantitative estimate of drug-likeness (QED) is 0.241. The molecule has 2 unspecified atom stereocenters. The van der Waals surface area contributed by atoms with Gasteiger partial charge in [-0.25, -0.2) is 0 Å². The zero-order valence-corrected chi connectivity index (χ0v) is 26.7. The molecule has 42 heavy (non-hydrogen) atoms. The van der Waals surface area contributed by atoms with Gasteiger partial charge in [-0.3, -0.25) is 14.4 Å². The SMILES string of the molecule is C=CCN(Cc1ccccc1)C(=O)[C@@H]1[C@H]2C(=O)N(CCCCCCO)C(C(=O)N(CC=C)C(C)(C)C)C23CC[C@@]1(C)S3. The minimum Gasteiger partial charge on any atom is -0.396 e. The number of likely N-dealkylation sites (tertiary alicyclic amines) is 1. The Morgan fingerprint density at radius 1 is 1.05 bits per heavy atom. The van der Waals surface area contributed by atoms with Crippen molar-refractivity contribution in [1.82, 2.24) is 14.7 Å². The van der Waals surface area contributed by atoms with Crippen molar-refractivity contribution in [1.29, 1.82) is 0 Å². The number of unbranched alkanes of at least 4 members (excludes halogenated alkanes) is 3. The smallest absolute Gasteiger partial charge is 0.247 e. The van der Waals surface area contributed by atoms with E-state index in [-0.39, 0.29) is 24.3 Å². The maximum Gasteiger partial charge on any atom is 0.247 e. The van der Waals surface area contributed by atoms with E-state index in [0.29, 0.717) is 26.2 Å². The molecule has 7 nitrogen and oxygen atoms in total. The molecule has 1 N–H and O–H groups in total. The van der Waals surface area contributed by atoms with E-state index in [0.717, 1.165) is 44.1 Å². The molecule has 0 aliphatic carbocycles. The molecule has 0 radical (unpaired) electrons. The lowest BCUT2D eigenvalue weighted by atomic mass is 9.66. The Hall–Kier alpha value is -2.58. The van der Waals surface area contributed by atoms with Crippen molar-refractivity contribution in [2.24, 2.45) is 11.8 Å². The second-order valence-electron chi connectivity index (χ2n) is 13.3. The van der Waals surface area contributed by atoms with Crippen molar-refractivity contribution in [3.05, 3.63) is 61.2 Å². The first-order chi connectivity index (χ1) is 19.9. The molecule has 5 atom stereocenters. The van der Waals surface area contributed by atoms with Crippen molar-refractivity contribution in [2.75, 3.05) is 26.2 Å². The standard InChI is InChI=1S/C34H49N3O4S/c1-7-20-35(24-25-16-12-11-13-17-25)29(39)26-27-30(40)36(22-14-9-10-15-23-38)28(34(27)19-18-33(26,6)42-34)31(41)37(21-8-2)32(3,4)5/h7-8,11-13,16-17,26-28,38H,1-2,9-10,14-15,18-24H2,3-6H3/t26-,27-,28?,33+,34?/m0/s1. The molecule has 230 valence electrons. The maximum atomic E-state index is 14.6. The average Bonchev–Trinajstić information content (AvgIpc) is 3.51. The summed E-state index contributed by atoms with van der Waals surface area (Å²) in [6.45, 7) is 17.9. The number of aliphatic hydroxyl groups is 1. The third-order valence-corrected chi connectivity index (χ3v) is 11.3. The molecule has 0 saturated carbocycles. The fourth-order valence-electron chi connectivity index (χ4n) is 7.43. The largest absolute Gasteiger partial charge is 0.396 e. The molecular weight excluding hydrogens is 546 g/mol. The number of hydrogen-bond donors (Lipinski definition) is 1. The molecule has 1 aromatic rings. The van der Waals surface area contributed by atoms with Crippen LogP contribution in [0.1, 0.15) is 71.8 Å². The predicted octanol–water partition coefficient (Wildman–Crippen LogP) is 5.05. The van der Waals surface area contributed by atoms with Gasteiger partial charge in [-0.1, -0.05) is 55.3 Å². The van der Waals surface area contributed by atoms with Crippen LogP contribution in [0.3, 0.4) is 0 Å². The van der Waals surface area contributed by atoms with Crippen LogP contribution in [0.25, 0.3) is 0 Å². The van der Waals surface area contributed by atoms with Crippen LogP contribution in [-0.2, 0) is 20.9 Å². The van der Waals surface area contributed by atoms with Crippen molar-refractivity contribution in [2.45, 2.75) is 93.8 Å².